The topological polar surface area (TPSA) is 111 Å². The van der Waals surface area contributed by atoms with Crippen LogP contribution >= 0.6 is 11.6 Å². The van der Waals surface area contributed by atoms with E-state index in [1.807, 2.05) is 0 Å². The highest BCUT2D eigenvalue weighted by molar-refractivity contribution is 7.89. The zero-order chi connectivity index (χ0) is 20.4. The molecule has 0 radical (unpaired) electrons. The van der Waals surface area contributed by atoms with Crippen LogP contribution in [-0.4, -0.2) is 32.1 Å². The van der Waals surface area contributed by atoms with Gasteiger partial charge in [0, 0.05) is 5.69 Å². The third-order valence-corrected chi connectivity index (χ3v) is 5.46. The molecule has 0 aliphatic carbocycles. The van der Waals surface area contributed by atoms with Gasteiger partial charge in [0.25, 0.3) is 0 Å². The predicted octanol–water partition coefficient (Wildman–Crippen LogP) is 2.85. The Labute approximate surface area is 158 Å². The fraction of sp³-hybridized carbons (Fsp3) is 0.333. The van der Waals surface area contributed by atoms with Gasteiger partial charge in [0.05, 0.1) is 11.1 Å². The Bertz CT molecular complexity index is 929. The van der Waals surface area contributed by atoms with Crippen molar-refractivity contribution in [1.82, 2.24) is 9.88 Å². The summed E-state index contributed by atoms with van der Waals surface area (Å²) in [7, 11) is -4.04. The van der Waals surface area contributed by atoms with Crippen LogP contribution in [0.5, 0.6) is 5.75 Å². The first-order valence-electron chi connectivity index (χ1n) is 7.51. The summed E-state index contributed by atoms with van der Waals surface area (Å²) in [5.74, 6) is -0.852. The van der Waals surface area contributed by atoms with E-state index in [0.717, 1.165) is 6.07 Å². The molecule has 0 saturated heterocycles. The number of benzene rings is 1. The number of carbonyl (C=O) groups excluding carboxylic acids is 1. The van der Waals surface area contributed by atoms with Crippen molar-refractivity contribution in [2.24, 2.45) is 0 Å². The third-order valence-electron chi connectivity index (χ3n) is 3.38. The lowest BCUT2D eigenvalue weighted by Gasteiger charge is -2.15. The van der Waals surface area contributed by atoms with E-state index in [9.17, 15) is 22.0 Å². The molecule has 1 atom stereocenters. The second kappa shape index (κ2) is 8.19. The molecule has 0 saturated carbocycles. The molecule has 2 aromatic rings. The molecular formula is C15H16ClF2N3O5S. The van der Waals surface area contributed by atoms with Gasteiger partial charge in [0.15, 0.2) is 5.76 Å². The van der Waals surface area contributed by atoms with E-state index in [1.165, 1.54) is 32.9 Å². The number of aromatic nitrogens is 1. The van der Waals surface area contributed by atoms with Gasteiger partial charge < -0.3 is 14.6 Å². The second-order valence-corrected chi connectivity index (χ2v) is 7.57. The molecule has 1 heterocycles. The van der Waals surface area contributed by atoms with Crippen molar-refractivity contribution in [1.29, 1.82) is 0 Å². The summed E-state index contributed by atoms with van der Waals surface area (Å²) in [6, 6.07) is 2.49. The van der Waals surface area contributed by atoms with Gasteiger partial charge in [0.2, 0.25) is 15.9 Å². The molecule has 8 nitrogen and oxygen atoms in total. The van der Waals surface area contributed by atoms with Crippen molar-refractivity contribution in [3.05, 3.63) is 34.7 Å². The highest BCUT2D eigenvalue weighted by Crippen LogP contribution is 2.29. The number of hydrogen-bond donors (Lipinski definition) is 2. The summed E-state index contributed by atoms with van der Waals surface area (Å²) in [6.07, 6.45) is 0. The van der Waals surface area contributed by atoms with Crippen molar-refractivity contribution < 1.29 is 31.3 Å². The second-order valence-electron chi connectivity index (χ2n) is 5.51. The minimum Gasteiger partial charge on any atom is -0.433 e. The van der Waals surface area contributed by atoms with Crippen LogP contribution in [0.1, 0.15) is 18.4 Å². The number of nitrogens with zero attached hydrogens (tertiary/aromatic N) is 1. The highest BCUT2D eigenvalue weighted by atomic mass is 35.5. The Kier molecular flexibility index (Phi) is 6.39. The van der Waals surface area contributed by atoms with Gasteiger partial charge in [-0.05, 0) is 39.0 Å². The summed E-state index contributed by atoms with van der Waals surface area (Å²) >= 11 is 5.81. The number of rotatable bonds is 7. The fourth-order valence-corrected chi connectivity index (χ4v) is 3.98. The summed E-state index contributed by atoms with van der Waals surface area (Å²) in [5, 5.41) is 5.85. The molecule has 148 valence electrons. The minimum atomic E-state index is -4.04. The van der Waals surface area contributed by atoms with Crippen LogP contribution in [0.25, 0.3) is 0 Å². The molecule has 0 bridgehead atoms. The highest BCUT2D eigenvalue weighted by Gasteiger charge is 2.28. The van der Waals surface area contributed by atoms with E-state index in [2.05, 4.69) is 19.9 Å². The molecule has 0 aliphatic heterocycles. The van der Waals surface area contributed by atoms with Crippen molar-refractivity contribution >= 4 is 33.2 Å². The van der Waals surface area contributed by atoms with Crippen LogP contribution in [0, 0.1) is 13.8 Å². The SMILES string of the molecule is Cc1noc(C)c1S(=O)(=O)N[C@H](C)C(=O)Nc1ccc(OC(F)F)c(Cl)c1. The van der Waals surface area contributed by atoms with Crippen LogP contribution in [0.15, 0.2) is 27.6 Å². The lowest BCUT2D eigenvalue weighted by Crippen LogP contribution is -2.41. The van der Waals surface area contributed by atoms with E-state index < -0.39 is 28.6 Å². The van der Waals surface area contributed by atoms with E-state index in [1.54, 1.807) is 0 Å². The summed E-state index contributed by atoms with van der Waals surface area (Å²) in [6.45, 7) is 1.19. The number of alkyl halides is 2. The Morgan fingerprint density at radius 3 is 2.52 bits per heavy atom. The number of nitrogens with one attached hydrogen (secondary N) is 2. The van der Waals surface area contributed by atoms with Gasteiger partial charge in [-0.2, -0.15) is 13.5 Å². The van der Waals surface area contributed by atoms with Gasteiger partial charge >= 0.3 is 6.61 Å². The molecule has 1 aromatic carbocycles. The molecule has 0 fully saturated rings. The molecule has 0 aliphatic rings. The summed E-state index contributed by atoms with van der Waals surface area (Å²) in [5.41, 5.74) is 0.337. The average Bonchev–Trinajstić information content (AvgIpc) is 2.88. The maximum absolute atomic E-state index is 12.4. The smallest absolute Gasteiger partial charge is 0.387 e. The first-order chi connectivity index (χ1) is 12.5. The molecule has 1 aromatic heterocycles. The van der Waals surface area contributed by atoms with Gasteiger partial charge in [-0.25, -0.2) is 8.42 Å². The zero-order valence-corrected chi connectivity index (χ0v) is 16.0. The normalized spacial score (nSPS) is 12.9. The molecule has 0 spiro atoms. The minimum absolute atomic E-state index is 0.0917. The number of hydrogen-bond acceptors (Lipinski definition) is 6. The number of carbonyl (C=O) groups is 1. The predicted molar refractivity (Wildman–Crippen MR) is 92.5 cm³/mol. The molecule has 2 rings (SSSR count). The first-order valence-corrected chi connectivity index (χ1v) is 9.38. The number of anilines is 1. The molecule has 1 amide bonds. The number of amides is 1. The number of halogens is 3. The van der Waals surface area contributed by atoms with Crippen LogP contribution in [0.2, 0.25) is 5.02 Å². The maximum atomic E-state index is 12.4. The fourth-order valence-electron chi connectivity index (χ4n) is 2.22. The summed E-state index contributed by atoms with van der Waals surface area (Å²) < 4.78 is 60.5. The van der Waals surface area contributed by atoms with Crippen molar-refractivity contribution in [2.75, 3.05) is 5.32 Å². The quantitative estimate of drug-likeness (QED) is 0.708. The molecule has 12 heteroatoms. The monoisotopic (exact) mass is 423 g/mol. The van der Waals surface area contributed by atoms with Crippen LogP contribution < -0.4 is 14.8 Å². The number of sulfonamides is 1. The third kappa shape index (κ3) is 5.15. The Hall–Kier alpha value is -2.24. The number of ether oxygens (including phenoxy) is 1. The van der Waals surface area contributed by atoms with E-state index in [-0.39, 0.29) is 32.8 Å². The average molecular weight is 424 g/mol. The van der Waals surface area contributed by atoms with Gasteiger partial charge in [0.1, 0.15) is 16.3 Å². The van der Waals surface area contributed by atoms with Crippen molar-refractivity contribution in [2.45, 2.75) is 38.3 Å². The number of aryl methyl sites for hydroxylation is 2. The molecular weight excluding hydrogens is 408 g/mol. The van der Waals surface area contributed by atoms with E-state index >= 15 is 0 Å². The van der Waals surface area contributed by atoms with Gasteiger partial charge in [-0.15, -0.1) is 0 Å². The maximum Gasteiger partial charge on any atom is 0.387 e. The lowest BCUT2D eigenvalue weighted by atomic mass is 10.2. The van der Waals surface area contributed by atoms with Crippen molar-refractivity contribution in [3.63, 3.8) is 0 Å². The Morgan fingerprint density at radius 2 is 2.00 bits per heavy atom. The standard InChI is InChI=1S/C15H16ClF2N3O5S/c1-7-13(9(3)26-20-7)27(23,24)21-8(2)14(22)19-10-4-5-12(11(16)6-10)25-15(17)18/h4-6,8,15,21H,1-3H3,(H,19,22)/t8-/m1/s1. The Balaban J connectivity index is 2.09. The van der Waals surface area contributed by atoms with Crippen molar-refractivity contribution in [3.8, 4) is 5.75 Å². The summed E-state index contributed by atoms with van der Waals surface area (Å²) in [4.78, 5) is 12.1. The van der Waals surface area contributed by atoms with Gasteiger partial charge in [-0.3, -0.25) is 4.79 Å². The van der Waals surface area contributed by atoms with Crippen LogP contribution in [-0.2, 0) is 14.8 Å². The first kappa shape index (κ1) is 21.1. The zero-order valence-electron chi connectivity index (χ0n) is 14.4. The van der Waals surface area contributed by atoms with Gasteiger partial charge in [-0.1, -0.05) is 16.8 Å². The lowest BCUT2D eigenvalue weighted by molar-refractivity contribution is -0.117. The Morgan fingerprint density at radius 1 is 1.33 bits per heavy atom. The van der Waals surface area contributed by atoms with Crippen LogP contribution in [0.4, 0.5) is 14.5 Å². The molecule has 0 unspecified atom stereocenters. The van der Waals surface area contributed by atoms with Crippen LogP contribution in [0.3, 0.4) is 0 Å². The molecule has 27 heavy (non-hydrogen) atoms. The molecule has 2 N–H and O–H groups in total. The van der Waals surface area contributed by atoms with E-state index in [0.29, 0.717) is 0 Å². The van der Waals surface area contributed by atoms with E-state index in [4.69, 9.17) is 16.1 Å². The largest absolute Gasteiger partial charge is 0.433 e.